The zero-order chi connectivity index (χ0) is 23.2. The van der Waals surface area contributed by atoms with E-state index >= 15 is 0 Å². The van der Waals surface area contributed by atoms with Crippen LogP contribution in [0.25, 0.3) is 0 Å². The fourth-order valence-electron chi connectivity index (χ4n) is 4.56. The van der Waals surface area contributed by atoms with Gasteiger partial charge in [-0.1, -0.05) is 47.5 Å². The summed E-state index contributed by atoms with van der Waals surface area (Å²) in [6.45, 7) is 3.50. The number of thioether (sulfide) groups is 1. The van der Waals surface area contributed by atoms with E-state index in [9.17, 15) is 4.79 Å². The summed E-state index contributed by atoms with van der Waals surface area (Å²) in [6.07, 6.45) is 3.23. The molecule has 2 aromatic carbocycles. The van der Waals surface area contributed by atoms with Crippen LogP contribution in [0.15, 0.2) is 42.5 Å². The quantitative estimate of drug-likeness (QED) is 0.492. The minimum Gasteiger partial charge on any atom is -0.497 e. The van der Waals surface area contributed by atoms with Crippen molar-refractivity contribution in [3.8, 4) is 5.75 Å². The highest BCUT2D eigenvalue weighted by atomic mass is 35.5. The molecule has 2 aliphatic rings. The molecule has 3 atom stereocenters. The Hall–Kier alpha value is -1.44. The second kappa shape index (κ2) is 11.8. The first-order chi connectivity index (χ1) is 16.0. The van der Waals surface area contributed by atoms with Gasteiger partial charge in [-0.25, -0.2) is 0 Å². The Morgan fingerprint density at radius 3 is 2.79 bits per heavy atom. The lowest BCUT2D eigenvalue weighted by Gasteiger charge is -2.18. The Morgan fingerprint density at radius 1 is 1.18 bits per heavy atom. The Balaban J connectivity index is 1.13. The third kappa shape index (κ3) is 6.80. The summed E-state index contributed by atoms with van der Waals surface area (Å²) in [4.78, 5) is 14.8. The van der Waals surface area contributed by atoms with E-state index in [4.69, 9.17) is 27.9 Å². The maximum atomic E-state index is 12.4. The zero-order valence-corrected chi connectivity index (χ0v) is 21.2. The van der Waals surface area contributed by atoms with Crippen LogP contribution >= 0.6 is 35.0 Å². The summed E-state index contributed by atoms with van der Waals surface area (Å²) in [5, 5.41) is 8.34. The van der Waals surface area contributed by atoms with Crippen LogP contribution in [0.4, 0.5) is 0 Å². The summed E-state index contributed by atoms with van der Waals surface area (Å²) in [5.41, 5.74) is 2.33. The molecule has 0 saturated carbocycles. The van der Waals surface area contributed by atoms with E-state index in [0.29, 0.717) is 33.1 Å². The molecule has 3 unspecified atom stereocenters. The summed E-state index contributed by atoms with van der Waals surface area (Å²) in [6, 6.07) is 14.3. The van der Waals surface area contributed by atoms with Gasteiger partial charge in [-0.15, -0.1) is 11.8 Å². The van der Waals surface area contributed by atoms with Crippen molar-refractivity contribution < 1.29 is 9.53 Å². The summed E-state index contributed by atoms with van der Waals surface area (Å²) in [5.74, 6) is 1.95. The van der Waals surface area contributed by atoms with Crippen LogP contribution in [-0.4, -0.2) is 48.7 Å². The molecule has 2 heterocycles. The minimum atomic E-state index is 0.117. The van der Waals surface area contributed by atoms with Gasteiger partial charge in [0.25, 0.3) is 0 Å². The molecule has 33 heavy (non-hydrogen) atoms. The largest absolute Gasteiger partial charge is 0.497 e. The van der Waals surface area contributed by atoms with Crippen LogP contribution in [0.2, 0.25) is 10.0 Å². The van der Waals surface area contributed by atoms with Crippen LogP contribution in [-0.2, 0) is 11.3 Å². The van der Waals surface area contributed by atoms with E-state index in [-0.39, 0.29) is 5.91 Å². The highest BCUT2D eigenvalue weighted by molar-refractivity contribution is 8.00. The number of carbonyl (C=O) groups is 1. The number of ether oxygens (including phenoxy) is 1. The van der Waals surface area contributed by atoms with Gasteiger partial charge in [-0.2, -0.15) is 0 Å². The van der Waals surface area contributed by atoms with Gasteiger partial charge in [0.1, 0.15) is 5.75 Å². The molecule has 0 spiro atoms. The molecule has 0 radical (unpaired) electrons. The Kier molecular flexibility index (Phi) is 8.83. The van der Waals surface area contributed by atoms with Gasteiger partial charge in [0.05, 0.1) is 28.3 Å². The number of rotatable bonds is 9. The first-order valence-corrected chi connectivity index (χ1v) is 13.3. The number of likely N-dealkylation sites (tertiary alicyclic amines) is 1. The van der Waals surface area contributed by atoms with Crippen LogP contribution in [0.3, 0.4) is 0 Å². The number of methoxy groups -OCH3 is 1. The number of hydrogen-bond acceptors (Lipinski definition) is 5. The van der Waals surface area contributed by atoms with E-state index in [1.165, 1.54) is 5.56 Å². The van der Waals surface area contributed by atoms with E-state index < -0.39 is 0 Å². The van der Waals surface area contributed by atoms with Crippen molar-refractivity contribution in [3.63, 3.8) is 0 Å². The van der Waals surface area contributed by atoms with Gasteiger partial charge in [-0.3, -0.25) is 15.0 Å². The number of carbonyl (C=O) groups excluding carboxylic acids is 1. The van der Waals surface area contributed by atoms with Crippen LogP contribution in [0, 0.1) is 5.92 Å². The van der Waals surface area contributed by atoms with Crippen molar-refractivity contribution in [1.29, 1.82) is 0 Å². The summed E-state index contributed by atoms with van der Waals surface area (Å²) >= 11 is 14.2. The lowest BCUT2D eigenvalue weighted by molar-refractivity contribution is -0.118. The molecule has 178 valence electrons. The van der Waals surface area contributed by atoms with Crippen molar-refractivity contribution in [2.45, 2.75) is 37.2 Å². The lowest BCUT2D eigenvalue weighted by atomic mass is 10.1. The first kappa shape index (κ1) is 24.7. The van der Waals surface area contributed by atoms with Crippen molar-refractivity contribution in [2.24, 2.45) is 5.92 Å². The number of benzene rings is 2. The Morgan fingerprint density at radius 2 is 2.00 bits per heavy atom. The van der Waals surface area contributed by atoms with Crippen molar-refractivity contribution in [3.05, 3.63) is 63.6 Å². The van der Waals surface area contributed by atoms with Crippen LogP contribution in [0.1, 0.15) is 36.4 Å². The highest BCUT2D eigenvalue weighted by Gasteiger charge is 2.27. The lowest BCUT2D eigenvalue weighted by Crippen LogP contribution is -2.33. The van der Waals surface area contributed by atoms with E-state index in [0.717, 1.165) is 56.8 Å². The minimum absolute atomic E-state index is 0.117. The van der Waals surface area contributed by atoms with Crippen molar-refractivity contribution >= 4 is 40.9 Å². The molecule has 4 rings (SSSR count). The van der Waals surface area contributed by atoms with Gasteiger partial charge >= 0.3 is 0 Å². The van der Waals surface area contributed by atoms with Gasteiger partial charge < -0.3 is 10.1 Å². The van der Waals surface area contributed by atoms with E-state index in [1.54, 1.807) is 18.9 Å². The van der Waals surface area contributed by atoms with Gasteiger partial charge in [0.15, 0.2) is 0 Å². The Labute approximate surface area is 210 Å². The fourth-order valence-corrected chi connectivity index (χ4v) is 5.96. The van der Waals surface area contributed by atoms with Gasteiger partial charge in [0, 0.05) is 25.7 Å². The topological polar surface area (TPSA) is 53.6 Å². The molecule has 8 heteroatoms. The summed E-state index contributed by atoms with van der Waals surface area (Å²) < 4.78 is 5.24. The SMILES string of the molecule is COc1ccc(C2CCC(SCC(=O)NCC3CCN(Cc4cccc(Cl)c4Cl)C3)N2)cc1. The molecular weight excluding hydrogens is 477 g/mol. The molecule has 2 saturated heterocycles. The third-order valence-electron chi connectivity index (χ3n) is 6.42. The average molecular weight is 509 g/mol. The standard InChI is InChI=1S/C25H31Cl2N3O2S/c1-32-20-7-5-18(6-8-20)22-9-10-24(29-22)33-16-23(31)28-13-17-11-12-30(14-17)15-19-3-2-4-21(26)25(19)27/h2-8,17,22,24,29H,9-16H2,1H3,(H,28,31). The average Bonchev–Trinajstić information content (AvgIpc) is 3.49. The molecule has 2 N–H and O–H groups in total. The normalized spacial score (nSPS) is 23.1. The predicted octanol–water partition coefficient (Wildman–Crippen LogP) is 5.12. The van der Waals surface area contributed by atoms with Crippen molar-refractivity contribution in [1.82, 2.24) is 15.5 Å². The van der Waals surface area contributed by atoms with E-state index in [2.05, 4.69) is 27.7 Å². The molecule has 0 aromatic heterocycles. The molecule has 2 aromatic rings. The summed E-state index contributed by atoms with van der Waals surface area (Å²) in [7, 11) is 1.68. The second-order valence-electron chi connectivity index (χ2n) is 8.78. The molecule has 5 nitrogen and oxygen atoms in total. The van der Waals surface area contributed by atoms with Gasteiger partial charge in [-0.05, 0) is 61.1 Å². The number of halogens is 2. The number of hydrogen-bond donors (Lipinski definition) is 2. The van der Waals surface area contributed by atoms with E-state index in [1.807, 2.05) is 30.3 Å². The van der Waals surface area contributed by atoms with Crippen LogP contribution < -0.4 is 15.4 Å². The monoisotopic (exact) mass is 507 g/mol. The number of amides is 1. The highest BCUT2D eigenvalue weighted by Crippen LogP contribution is 2.32. The first-order valence-electron chi connectivity index (χ1n) is 11.5. The van der Waals surface area contributed by atoms with Crippen LogP contribution in [0.5, 0.6) is 5.75 Å². The number of nitrogens with one attached hydrogen (secondary N) is 2. The molecule has 2 aliphatic heterocycles. The second-order valence-corrected chi connectivity index (χ2v) is 10.8. The van der Waals surface area contributed by atoms with Crippen molar-refractivity contribution in [2.75, 3.05) is 32.5 Å². The fraction of sp³-hybridized carbons (Fsp3) is 0.480. The number of nitrogens with zero attached hydrogens (tertiary/aromatic N) is 1. The smallest absolute Gasteiger partial charge is 0.230 e. The predicted molar refractivity (Wildman–Crippen MR) is 137 cm³/mol. The maximum Gasteiger partial charge on any atom is 0.230 e. The van der Waals surface area contributed by atoms with Gasteiger partial charge in [0.2, 0.25) is 5.91 Å². The molecular formula is C25H31Cl2N3O2S. The molecule has 0 bridgehead atoms. The molecule has 2 fully saturated rings. The molecule has 1 amide bonds. The third-order valence-corrected chi connectivity index (χ3v) is 8.48. The zero-order valence-electron chi connectivity index (χ0n) is 18.9. The molecule has 0 aliphatic carbocycles. The maximum absolute atomic E-state index is 12.4. The Bertz CT molecular complexity index is 944.